The number of hydrogen-bond donors (Lipinski definition) is 0. The zero-order valence-electron chi connectivity index (χ0n) is 12.3. The second kappa shape index (κ2) is 6.56. The quantitative estimate of drug-likeness (QED) is 0.838. The monoisotopic (exact) mass is 270 g/mol. The summed E-state index contributed by atoms with van der Waals surface area (Å²) in [5.74, 6) is 0.512. The molecule has 1 aromatic rings. The van der Waals surface area contributed by atoms with E-state index in [-0.39, 0.29) is 12.0 Å². The van der Waals surface area contributed by atoms with Crippen molar-refractivity contribution < 1.29 is 4.79 Å². The molecule has 1 aliphatic rings. The molecule has 0 N–H and O–H groups in total. The van der Waals surface area contributed by atoms with Gasteiger partial charge in [0.1, 0.15) is 0 Å². The summed E-state index contributed by atoms with van der Waals surface area (Å²) in [6, 6.07) is 9.74. The summed E-state index contributed by atoms with van der Waals surface area (Å²) in [7, 11) is 0. The van der Waals surface area contributed by atoms with Crippen LogP contribution in [0.4, 0.5) is 0 Å². The summed E-state index contributed by atoms with van der Waals surface area (Å²) in [6.45, 7) is 4.83. The van der Waals surface area contributed by atoms with Crippen molar-refractivity contribution in [2.75, 3.05) is 6.54 Å². The average molecular weight is 270 g/mol. The first-order valence-electron chi connectivity index (χ1n) is 7.48. The number of nitrogens with zero attached hydrogens (tertiary/aromatic N) is 2. The van der Waals surface area contributed by atoms with E-state index in [0.717, 1.165) is 24.9 Å². The number of nitriles is 1. The molecule has 3 nitrogen and oxygen atoms in total. The van der Waals surface area contributed by atoms with Gasteiger partial charge in [0, 0.05) is 12.5 Å². The molecule has 0 saturated heterocycles. The van der Waals surface area contributed by atoms with E-state index in [0.29, 0.717) is 11.5 Å². The summed E-state index contributed by atoms with van der Waals surface area (Å²) in [6.07, 6.45) is 4.43. The average Bonchev–Trinajstić information content (AvgIpc) is 3.02. The Morgan fingerprint density at radius 3 is 2.45 bits per heavy atom. The van der Waals surface area contributed by atoms with Crippen LogP contribution in [0.3, 0.4) is 0 Å². The fourth-order valence-electron chi connectivity index (χ4n) is 3.04. The van der Waals surface area contributed by atoms with Crippen LogP contribution < -0.4 is 0 Å². The maximum absolute atomic E-state index is 12.6. The van der Waals surface area contributed by atoms with Gasteiger partial charge in [-0.1, -0.05) is 25.0 Å². The number of hydrogen-bond acceptors (Lipinski definition) is 2. The lowest BCUT2D eigenvalue weighted by Gasteiger charge is -2.30. The van der Waals surface area contributed by atoms with E-state index in [1.807, 2.05) is 36.1 Å². The summed E-state index contributed by atoms with van der Waals surface area (Å²) in [5.41, 5.74) is 1.75. The number of rotatable bonds is 4. The molecule has 3 heteroatoms. The summed E-state index contributed by atoms with van der Waals surface area (Å²) >= 11 is 0. The van der Waals surface area contributed by atoms with Crippen molar-refractivity contribution in [3.8, 4) is 6.07 Å². The van der Waals surface area contributed by atoms with Crippen LogP contribution in [0.2, 0.25) is 0 Å². The van der Waals surface area contributed by atoms with E-state index in [9.17, 15) is 4.79 Å². The van der Waals surface area contributed by atoms with Crippen molar-refractivity contribution in [3.63, 3.8) is 0 Å². The standard InChI is InChI=1S/C17H22N2O/c1-3-19(17(20)16-6-4-5-7-16)13(2)15-10-8-14(12-18)9-11-15/h8-11,13,16H,3-7H2,1-2H3. The highest BCUT2D eigenvalue weighted by Gasteiger charge is 2.29. The minimum Gasteiger partial charge on any atom is -0.336 e. The second-order valence-electron chi connectivity index (χ2n) is 5.52. The third-order valence-corrected chi connectivity index (χ3v) is 4.32. The first-order chi connectivity index (χ1) is 9.67. The zero-order valence-corrected chi connectivity index (χ0v) is 12.3. The van der Waals surface area contributed by atoms with Gasteiger partial charge in [-0.05, 0) is 44.4 Å². The lowest BCUT2D eigenvalue weighted by molar-refractivity contribution is -0.137. The van der Waals surface area contributed by atoms with Gasteiger partial charge < -0.3 is 4.90 Å². The van der Waals surface area contributed by atoms with E-state index in [1.54, 1.807) is 0 Å². The fraction of sp³-hybridized carbons (Fsp3) is 0.529. The molecule has 0 radical (unpaired) electrons. The zero-order chi connectivity index (χ0) is 14.5. The van der Waals surface area contributed by atoms with Crippen LogP contribution in [-0.4, -0.2) is 17.4 Å². The SMILES string of the molecule is CCN(C(=O)C1CCCC1)C(C)c1ccc(C#N)cc1. The molecule has 1 unspecified atom stereocenters. The smallest absolute Gasteiger partial charge is 0.226 e. The first kappa shape index (κ1) is 14.6. The topological polar surface area (TPSA) is 44.1 Å². The van der Waals surface area contributed by atoms with Crippen LogP contribution in [0.5, 0.6) is 0 Å². The molecule has 0 heterocycles. The van der Waals surface area contributed by atoms with Gasteiger partial charge in [-0.15, -0.1) is 0 Å². The Labute approximate surface area is 121 Å². The molecule has 20 heavy (non-hydrogen) atoms. The van der Waals surface area contributed by atoms with E-state index >= 15 is 0 Å². The van der Waals surface area contributed by atoms with E-state index in [1.165, 1.54) is 12.8 Å². The normalized spacial score (nSPS) is 16.6. The minimum atomic E-state index is 0.0702. The Bertz CT molecular complexity index is 495. The molecule has 1 fully saturated rings. The first-order valence-corrected chi connectivity index (χ1v) is 7.48. The molecule has 1 aromatic carbocycles. The van der Waals surface area contributed by atoms with Gasteiger partial charge in [0.15, 0.2) is 0 Å². The van der Waals surface area contributed by atoms with Crippen LogP contribution in [-0.2, 0) is 4.79 Å². The van der Waals surface area contributed by atoms with Gasteiger partial charge in [-0.2, -0.15) is 5.26 Å². The number of carbonyl (C=O) groups is 1. The lowest BCUT2D eigenvalue weighted by Crippen LogP contribution is -2.37. The summed E-state index contributed by atoms with van der Waals surface area (Å²) < 4.78 is 0. The van der Waals surface area contributed by atoms with Crippen LogP contribution in [0.25, 0.3) is 0 Å². The van der Waals surface area contributed by atoms with Gasteiger partial charge in [-0.25, -0.2) is 0 Å². The van der Waals surface area contributed by atoms with Crippen molar-refractivity contribution in [2.45, 2.75) is 45.6 Å². The van der Waals surface area contributed by atoms with E-state index < -0.39 is 0 Å². The number of amides is 1. The molecule has 106 valence electrons. The molecule has 1 saturated carbocycles. The molecule has 0 aromatic heterocycles. The van der Waals surface area contributed by atoms with Crippen LogP contribution in [0.1, 0.15) is 56.7 Å². The minimum absolute atomic E-state index is 0.0702. The third-order valence-electron chi connectivity index (χ3n) is 4.32. The molecule has 0 aliphatic heterocycles. The lowest BCUT2D eigenvalue weighted by atomic mass is 10.0. The molecule has 1 aliphatic carbocycles. The predicted octanol–water partition coefficient (Wildman–Crippen LogP) is 3.66. The van der Waals surface area contributed by atoms with Crippen LogP contribution >= 0.6 is 0 Å². The van der Waals surface area contributed by atoms with Crippen LogP contribution in [0, 0.1) is 17.2 Å². The molecule has 0 bridgehead atoms. The largest absolute Gasteiger partial charge is 0.336 e. The summed E-state index contributed by atoms with van der Waals surface area (Å²) in [5, 5.41) is 8.84. The molecular weight excluding hydrogens is 248 g/mol. The predicted molar refractivity (Wildman–Crippen MR) is 78.9 cm³/mol. The maximum atomic E-state index is 12.6. The van der Waals surface area contributed by atoms with Crippen LogP contribution in [0.15, 0.2) is 24.3 Å². The van der Waals surface area contributed by atoms with Crippen molar-refractivity contribution in [1.82, 2.24) is 4.90 Å². The number of benzene rings is 1. The van der Waals surface area contributed by atoms with E-state index in [4.69, 9.17) is 5.26 Å². The van der Waals surface area contributed by atoms with Gasteiger partial charge in [0.25, 0.3) is 0 Å². The summed E-state index contributed by atoms with van der Waals surface area (Å²) in [4.78, 5) is 14.6. The molecule has 1 atom stereocenters. The Kier molecular flexibility index (Phi) is 4.79. The maximum Gasteiger partial charge on any atom is 0.226 e. The van der Waals surface area contributed by atoms with Gasteiger partial charge in [0.2, 0.25) is 5.91 Å². The molecule has 2 rings (SSSR count). The number of carbonyl (C=O) groups excluding carboxylic acids is 1. The molecule has 1 amide bonds. The third kappa shape index (κ3) is 3.01. The highest BCUT2D eigenvalue weighted by molar-refractivity contribution is 5.79. The fourth-order valence-corrected chi connectivity index (χ4v) is 3.04. The van der Waals surface area contributed by atoms with Gasteiger partial charge >= 0.3 is 0 Å². The Morgan fingerprint density at radius 2 is 1.95 bits per heavy atom. The Morgan fingerprint density at radius 1 is 1.35 bits per heavy atom. The van der Waals surface area contributed by atoms with Crippen molar-refractivity contribution in [2.24, 2.45) is 5.92 Å². The van der Waals surface area contributed by atoms with Crippen molar-refractivity contribution >= 4 is 5.91 Å². The highest BCUT2D eigenvalue weighted by atomic mass is 16.2. The van der Waals surface area contributed by atoms with Crippen molar-refractivity contribution in [1.29, 1.82) is 5.26 Å². The molecule has 0 spiro atoms. The Hall–Kier alpha value is -1.82. The molecular formula is C17H22N2O. The second-order valence-corrected chi connectivity index (χ2v) is 5.52. The van der Waals surface area contributed by atoms with E-state index in [2.05, 4.69) is 13.0 Å². The van der Waals surface area contributed by atoms with Gasteiger partial charge in [0.05, 0.1) is 17.7 Å². The van der Waals surface area contributed by atoms with Gasteiger partial charge in [-0.3, -0.25) is 4.79 Å². The Balaban J connectivity index is 2.13. The highest BCUT2D eigenvalue weighted by Crippen LogP contribution is 2.30. The van der Waals surface area contributed by atoms with Crippen molar-refractivity contribution in [3.05, 3.63) is 35.4 Å².